The maximum Gasteiger partial charge on any atom is 0.274 e. The van der Waals surface area contributed by atoms with E-state index in [1.165, 1.54) is 4.68 Å². The van der Waals surface area contributed by atoms with Crippen LogP contribution in [-0.2, 0) is 9.84 Å². The lowest BCUT2D eigenvalue weighted by atomic mass is 10.0. The minimum Gasteiger partial charge on any atom is -0.344 e. The van der Waals surface area contributed by atoms with E-state index >= 15 is 0 Å². The van der Waals surface area contributed by atoms with Crippen LogP contribution in [0.2, 0.25) is 0 Å². The van der Waals surface area contributed by atoms with Crippen LogP contribution in [0.1, 0.15) is 43.7 Å². The van der Waals surface area contributed by atoms with Crippen LogP contribution in [-0.4, -0.2) is 41.2 Å². The van der Waals surface area contributed by atoms with Crippen LogP contribution in [0.15, 0.2) is 29.1 Å². The topological polar surface area (TPSA) is 98.1 Å². The number of hydrogen-bond donors (Lipinski definition) is 1. The van der Waals surface area contributed by atoms with Gasteiger partial charge in [0, 0.05) is 5.39 Å². The summed E-state index contributed by atoms with van der Waals surface area (Å²) < 4.78 is 24.8. The normalized spacial score (nSPS) is 22.4. The SMILES string of the molecule is CC(C)n1nc(C(=O)NC2(C)CCS(=O)(=O)C2)c2ccccc2c1=O. The molecule has 2 aromatic rings. The molecule has 7 nitrogen and oxygen atoms in total. The molecule has 134 valence electrons. The van der Waals surface area contributed by atoms with Crippen molar-refractivity contribution >= 4 is 26.5 Å². The molecule has 0 aliphatic carbocycles. The van der Waals surface area contributed by atoms with Crippen molar-refractivity contribution in [2.75, 3.05) is 11.5 Å². The molecule has 8 heteroatoms. The summed E-state index contributed by atoms with van der Waals surface area (Å²) in [5.74, 6) is -0.498. The van der Waals surface area contributed by atoms with Gasteiger partial charge in [0.05, 0.1) is 28.5 Å². The summed E-state index contributed by atoms with van der Waals surface area (Å²) in [6.45, 7) is 5.35. The molecule has 1 aromatic heterocycles. The number of carbonyl (C=O) groups is 1. The quantitative estimate of drug-likeness (QED) is 0.886. The number of benzene rings is 1. The van der Waals surface area contributed by atoms with Gasteiger partial charge in [-0.05, 0) is 33.3 Å². The predicted molar refractivity (Wildman–Crippen MR) is 95.5 cm³/mol. The molecule has 25 heavy (non-hydrogen) atoms. The van der Waals surface area contributed by atoms with Gasteiger partial charge >= 0.3 is 0 Å². The molecule has 0 spiro atoms. The largest absolute Gasteiger partial charge is 0.344 e. The van der Waals surface area contributed by atoms with Crippen LogP contribution in [0.5, 0.6) is 0 Å². The Balaban J connectivity index is 2.08. The molecule has 1 atom stereocenters. The Hall–Kier alpha value is -2.22. The minimum absolute atomic E-state index is 0.0590. The van der Waals surface area contributed by atoms with Gasteiger partial charge in [-0.1, -0.05) is 18.2 Å². The molecule has 3 rings (SSSR count). The Morgan fingerprint density at radius 2 is 1.92 bits per heavy atom. The summed E-state index contributed by atoms with van der Waals surface area (Å²) in [7, 11) is -3.14. The Labute approximate surface area is 146 Å². The average molecular weight is 363 g/mol. The third kappa shape index (κ3) is 3.30. The first-order valence-corrected chi connectivity index (χ1v) is 9.98. The number of nitrogens with one attached hydrogen (secondary N) is 1. The molecule has 1 aliphatic heterocycles. The van der Waals surface area contributed by atoms with Crippen LogP contribution < -0.4 is 10.9 Å². The third-order valence-corrected chi connectivity index (χ3v) is 6.35. The van der Waals surface area contributed by atoms with E-state index in [2.05, 4.69) is 10.4 Å². The first-order chi connectivity index (χ1) is 11.6. The van der Waals surface area contributed by atoms with Crippen molar-refractivity contribution in [1.82, 2.24) is 15.1 Å². The van der Waals surface area contributed by atoms with Crippen LogP contribution in [0.25, 0.3) is 10.8 Å². The van der Waals surface area contributed by atoms with Gasteiger partial charge in [0.2, 0.25) is 0 Å². The number of sulfone groups is 1. The van der Waals surface area contributed by atoms with Gasteiger partial charge in [-0.3, -0.25) is 9.59 Å². The van der Waals surface area contributed by atoms with Crippen molar-refractivity contribution in [2.24, 2.45) is 0 Å². The van der Waals surface area contributed by atoms with Crippen LogP contribution in [0.3, 0.4) is 0 Å². The van der Waals surface area contributed by atoms with Crippen molar-refractivity contribution in [1.29, 1.82) is 0 Å². The zero-order valence-electron chi connectivity index (χ0n) is 14.4. The van der Waals surface area contributed by atoms with E-state index in [1.54, 1.807) is 31.2 Å². The molecular weight excluding hydrogens is 342 g/mol. The van der Waals surface area contributed by atoms with Crippen molar-refractivity contribution in [2.45, 2.75) is 38.8 Å². The first kappa shape index (κ1) is 17.6. The number of hydrogen-bond acceptors (Lipinski definition) is 5. The zero-order chi connectivity index (χ0) is 18.4. The van der Waals surface area contributed by atoms with Crippen LogP contribution in [0.4, 0.5) is 0 Å². The van der Waals surface area contributed by atoms with E-state index in [0.717, 1.165) is 0 Å². The smallest absolute Gasteiger partial charge is 0.274 e. The highest BCUT2D eigenvalue weighted by atomic mass is 32.2. The van der Waals surface area contributed by atoms with Gasteiger partial charge in [-0.25, -0.2) is 13.1 Å². The van der Waals surface area contributed by atoms with Crippen molar-refractivity contribution < 1.29 is 13.2 Å². The maximum atomic E-state index is 12.8. The molecule has 0 bridgehead atoms. The number of nitrogens with zero attached hydrogens (tertiary/aromatic N) is 2. The van der Waals surface area contributed by atoms with E-state index in [9.17, 15) is 18.0 Å². The fraction of sp³-hybridized carbons (Fsp3) is 0.471. The molecule has 1 N–H and O–H groups in total. The van der Waals surface area contributed by atoms with Gasteiger partial charge < -0.3 is 5.32 Å². The molecule has 1 amide bonds. The number of rotatable bonds is 3. The predicted octanol–water partition coefficient (Wildman–Crippen LogP) is 1.28. The number of amides is 1. The van der Waals surface area contributed by atoms with Gasteiger partial charge in [0.1, 0.15) is 0 Å². The highest BCUT2D eigenvalue weighted by Crippen LogP contribution is 2.24. The highest BCUT2D eigenvalue weighted by molar-refractivity contribution is 7.91. The fourth-order valence-electron chi connectivity index (χ4n) is 3.17. The van der Waals surface area contributed by atoms with Gasteiger partial charge in [-0.15, -0.1) is 0 Å². The van der Waals surface area contributed by atoms with E-state index in [-0.39, 0.29) is 28.8 Å². The van der Waals surface area contributed by atoms with E-state index < -0.39 is 21.3 Å². The zero-order valence-corrected chi connectivity index (χ0v) is 15.3. The Morgan fingerprint density at radius 1 is 1.28 bits per heavy atom. The number of fused-ring (bicyclic) bond motifs is 1. The van der Waals surface area contributed by atoms with Crippen molar-refractivity contribution in [3.8, 4) is 0 Å². The summed E-state index contributed by atoms with van der Waals surface area (Å²) >= 11 is 0. The van der Waals surface area contributed by atoms with E-state index in [1.807, 2.05) is 13.8 Å². The molecule has 1 fully saturated rings. The Morgan fingerprint density at radius 3 is 2.48 bits per heavy atom. The lowest BCUT2D eigenvalue weighted by Gasteiger charge is -2.24. The second-order valence-electron chi connectivity index (χ2n) is 7.09. The standard InChI is InChI=1S/C17H21N3O4S/c1-11(2)20-16(22)13-7-5-4-6-12(13)14(19-20)15(21)18-17(3)8-9-25(23,24)10-17/h4-7,11H,8-10H2,1-3H3,(H,18,21). The van der Waals surface area contributed by atoms with Gasteiger partial charge in [0.25, 0.3) is 11.5 Å². The maximum absolute atomic E-state index is 12.8. The summed E-state index contributed by atoms with van der Waals surface area (Å²) in [5, 5.41) is 7.94. The first-order valence-electron chi connectivity index (χ1n) is 8.16. The lowest BCUT2D eigenvalue weighted by Crippen LogP contribution is -2.47. The van der Waals surface area contributed by atoms with Gasteiger partial charge in [0.15, 0.2) is 15.5 Å². The number of carbonyl (C=O) groups excluding carboxylic acids is 1. The summed E-state index contributed by atoms with van der Waals surface area (Å²) in [4.78, 5) is 25.4. The van der Waals surface area contributed by atoms with Crippen LogP contribution in [0, 0.1) is 0 Å². The molecule has 0 radical (unpaired) electrons. The van der Waals surface area contributed by atoms with Gasteiger partial charge in [-0.2, -0.15) is 5.10 Å². The summed E-state index contributed by atoms with van der Waals surface area (Å²) in [5.41, 5.74) is -0.941. The number of aromatic nitrogens is 2. The second-order valence-corrected chi connectivity index (χ2v) is 9.28. The molecule has 1 aromatic carbocycles. The van der Waals surface area contributed by atoms with Crippen molar-refractivity contribution in [3.05, 3.63) is 40.3 Å². The van der Waals surface area contributed by atoms with E-state index in [4.69, 9.17) is 0 Å². The van der Waals surface area contributed by atoms with E-state index in [0.29, 0.717) is 17.2 Å². The van der Waals surface area contributed by atoms with Crippen molar-refractivity contribution in [3.63, 3.8) is 0 Å². The second kappa shape index (κ2) is 5.94. The molecule has 1 aliphatic rings. The van der Waals surface area contributed by atoms with Crippen LogP contribution >= 0.6 is 0 Å². The molecule has 2 heterocycles. The Kier molecular flexibility index (Phi) is 4.18. The molecule has 1 saturated heterocycles. The average Bonchev–Trinajstić information content (AvgIpc) is 2.80. The Bertz CT molecular complexity index is 1010. The molecule has 0 saturated carbocycles. The minimum atomic E-state index is -3.14. The monoisotopic (exact) mass is 363 g/mol. The molecular formula is C17H21N3O4S. The summed E-state index contributed by atoms with van der Waals surface area (Å²) in [6, 6.07) is 6.61. The lowest BCUT2D eigenvalue weighted by molar-refractivity contribution is 0.0909. The fourth-order valence-corrected chi connectivity index (χ4v) is 5.26. The summed E-state index contributed by atoms with van der Waals surface area (Å²) in [6.07, 6.45) is 0.364. The molecule has 1 unspecified atom stereocenters. The highest BCUT2D eigenvalue weighted by Gasteiger charge is 2.40. The third-order valence-electron chi connectivity index (χ3n) is 4.45.